The Balaban J connectivity index is 1.64. The van der Waals surface area contributed by atoms with Crippen LogP contribution in [0.2, 0.25) is 0 Å². The summed E-state index contributed by atoms with van der Waals surface area (Å²) in [5, 5.41) is 0. The van der Waals surface area contributed by atoms with Crippen LogP contribution < -0.4 is 5.46 Å². The van der Waals surface area contributed by atoms with Crippen LogP contribution in [-0.2, 0) is 22.2 Å². The molecule has 0 aromatic heterocycles. The van der Waals surface area contributed by atoms with Gasteiger partial charge in [-0.15, -0.1) is 0 Å². The van der Waals surface area contributed by atoms with Crippen molar-refractivity contribution < 1.29 is 9.31 Å². The average Bonchev–Trinajstić information content (AvgIpc) is 2.75. The van der Waals surface area contributed by atoms with Crippen molar-refractivity contribution in [3.63, 3.8) is 0 Å². The van der Waals surface area contributed by atoms with Crippen molar-refractivity contribution in [3.8, 4) is 0 Å². The van der Waals surface area contributed by atoms with Crippen LogP contribution in [0.5, 0.6) is 0 Å². The third-order valence-electron chi connectivity index (χ3n) is 5.05. The lowest BCUT2D eigenvalue weighted by Crippen LogP contribution is -2.41. The van der Waals surface area contributed by atoms with Crippen molar-refractivity contribution in [2.45, 2.75) is 51.7 Å². The fraction of sp³-hybridized carbons (Fsp3) is 0.400. The van der Waals surface area contributed by atoms with Gasteiger partial charge in [0.05, 0.1) is 11.2 Å². The Bertz CT molecular complexity index is 631. The van der Waals surface area contributed by atoms with E-state index >= 15 is 0 Å². The van der Waals surface area contributed by atoms with Crippen LogP contribution in [-0.4, -0.2) is 18.3 Å². The molecule has 2 nitrogen and oxygen atoms in total. The molecular formula is C20H25BO2. The molecule has 0 amide bonds. The molecular weight excluding hydrogens is 283 g/mol. The molecule has 3 heteroatoms. The average molecular weight is 308 g/mol. The third-order valence-corrected chi connectivity index (χ3v) is 5.05. The quantitative estimate of drug-likeness (QED) is 0.801. The largest absolute Gasteiger partial charge is 0.494 e. The minimum atomic E-state index is -0.288. The molecule has 0 spiro atoms. The van der Waals surface area contributed by atoms with Crippen molar-refractivity contribution in [1.29, 1.82) is 0 Å². The van der Waals surface area contributed by atoms with Crippen molar-refractivity contribution in [2.24, 2.45) is 0 Å². The second-order valence-corrected chi connectivity index (χ2v) is 7.32. The van der Waals surface area contributed by atoms with E-state index in [1.54, 1.807) is 0 Å². The van der Waals surface area contributed by atoms with Crippen LogP contribution in [0.3, 0.4) is 0 Å². The molecule has 1 saturated heterocycles. The molecule has 0 atom stereocenters. The van der Waals surface area contributed by atoms with Crippen LogP contribution in [0.25, 0.3) is 0 Å². The predicted molar refractivity (Wildman–Crippen MR) is 96.0 cm³/mol. The number of hydrogen-bond acceptors (Lipinski definition) is 2. The van der Waals surface area contributed by atoms with E-state index in [0.717, 1.165) is 18.3 Å². The summed E-state index contributed by atoms with van der Waals surface area (Å²) in [4.78, 5) is 0. The van der Waals surface area contributed by atoms with Crippen LogP contribution in [0.15, 0.2) is 54.6 Å². The highest BCUT2D eigenvalue weighted by Gasteiger charge is 2.51. The van der Waals surface area contributed by atoms with Gasteiger partial charge in [0.1, 0.15) is 0 Å². The lowest BCUT2D eigenvalue weighted by molar-refractivity contribution is 0.00578. The first-order valence-corrected chi connectivity index (χ1v) is 8.36. The topological polar surface area (TPSA) is 18.5 Å². The smallest absolute Gasteiger partial charge is 0.399 e. The van der Waals surface area contributed by atoms with Gasteiger partial charge in [0, 0.05) is 0 Å². The van der Waals surface area contributed by atoms with E-state index in [4.69, 9.17) is 9.31 Å². The first kappa shape index (κ1) is 16.3. The molecule has 1 fully saturated rings. The highest BCUT2D eigenvalue weighted by Crippen LogP contribution is 2.36. The maximum absolute atomic E-state index is 6.10. The number of rotatable bonds is 4. The molecule has 2 aromatic carbocycles. The fourth-order valence-electron chi connectivity index (χ4n) is 2.75. The van der Waals surface area contributed by atoms with E-state index in [0.29, 0.717) is 0 Å². The van der Waals surface area contributed by atoms with E-state index in [9.17, 15) is 0 Å². The van der Waals surface area contributed by atoms with Crippen molar-refractivity contribution in [1.82, 2.24) is 0 Å². The zero-order valence-corrected chi connectivity index (χ0v) is 14.5. The van der Waals surface area contributed by atoms with Crippen molar-refractivity contribution >= 4 is 12.6 Å². The van der Waals surface area contributed by atoms with Gasteiger partial charge >= 0.3 is 7.12 Å². The van der Waals surface area contributed by atoms with Gasteiger partial charge in [-0.1, -0.05) is 54.6 Å². The Morgan fingerprint density at radius 2 is 1.17 bits per heavy atom. The summed E-state index contributed by atoms with van der Waals surface area (Å²) in [6.45, 7) is 8.34. The first-order chi connectivity index (χ1) is 10.9. The number of hydrogen-bond donors (Lipinski definition) is 0. The van der Waals surface area contributed by atoms with Gasteiger partial charge in [-0.25, -0.2) is 0 Å². The lowest BCUT2D eigenvalue weighted by Gasteiger charge is -2.32. The molecule has 3 rings (SSSR count). The molecule has 0 N–H and O–H groups in total. The SMILES string of the molecule is CC1(C)OB(c2ccc(CCc3ccccc3)cc2)OC1(C)C. The van der Waals surface area contributed by atoms with Gasteiger partial charge in [0.15, 0.2) is 0 Å². The van der Waals surface area contributed by atoms with E-state index in [1.807, 2.05) is 0 Å². The van der Waals surface area contributed by atoms with Crippen LogP contribution in [0, 0.1) is 0 Å². The molecule has 1 aliphatic rings. The minimum Gasteiger partial charge on any atom is -0.399 e. The molecule has 0 radical (unpaired) electrons. The summed E-state index contributed by atoms with van der Waals surface area (Å²) in [5.74, 6) is 0. The van der Waals surface area contributed by atoms with E-state index in [-0.39, 0.29) is 18.3 Å². The number of aryl methyl sites for hydroxylation is 2. The van der Waals surface area contributed by atoms with Crippen LogP contribution in [0.4, 0.5) is 0 Å². The molecule has 0 bridgehead atoms. The molecule has 2 aromatic rings. The van der Waals surface area contributed by atoms with Gasteiger partial charge in [0.2, 0.25) is 0 Å². The van der Waals surface area contributed by atoms with Gasteiger partial charge < -0.3 is 9.31 Å². The van der Waals surface area contributed by atoms with Gasteiger partial charge in [-0.3, -0.25) is 0 Å². The predicted octanol–water partition coefficient (Wildman–Crippen LogP) is 3.77. The second kappa shape index (κ2) is 6.14. The zero-order valence-electron chi connectivity index (χ0n) is 14.5. The Labute approximate surface area is 140 Å². The Morgan fingerprint density at radius 3 is 1.70 bits per heavy atom. The minimum absolute atomic E-state index is 0.275. The monoisotopic (exact) mass is 308 g/mol. The fourth-order valence-corrected chi connectivity index (χ4v) is 2.75. The summed E-state index contributed by atoms with van der Waals surface area (Å²) in [6, 6.07) is 19.2. The molecule has 120 valence electrons. The molecule has 1 heterocycles. The Hall–Kier alpha value is -1.58. The molecule has 1 aliphatic heterocycles. The lowest BCUT2D eigenvalue weighted by atomic mass is 9.78. The van der Waals surface area contributed by atoms with E-state index in [1.165, 1.54) is 11.1 Å². The third kappa shape index (κ3) is 3.51. The maximum Gasteiger partial charge on any atom is 0.494 e. The molecule has 0 aliphatic carbocycles. The summed E-state index contributed by atoms with van der Waals surface area (Å²) in [7, 11) is -0.275. The van der Waals surface area contributed by atoms with Crippen LogP contribution >= 0.6 is 0 Å². The van der Waals surface area contributed by atoms with Crippen molar-refractivity contribution in [2.75, 3.05) is 0 Å². The summed E-state index contributed by atoms with van der Waals surface area (Å²) >= 11 is 0. The molecule has 0 saturated carbocycles. The summed E-state index contributed by atoms with van der Waals surface area (Å²) < 4.78 is 12.2. The second-order valence-electron chi connectivity index (χ2n) is 7.32. The van der Waals surface area contributed by atoms with Crippen LogP contribution in [0.1, 0.15) is 38.8 Å². The molecule has 23 heavy (non-hydrogen) atoms. The maximum atomic E-state index is 6.10. The zero-order chi connectivity index (χ0) is 16.5. The van der Waals surface area contributed by atoms with Gasteiger partial charge in [0.25, 0.3) is 0 Å². The Morgan fingerprint density at radius 1 is 0.696 bits per heavy atom. The highest BCUT2D eigenvalue weighted by atomic mass is 16.7. The standard InChI is InChI=1S/C20H25BO2/c1-19(2)20(3,4)23-21(22-19)18-14-12-17(13-15-18)11-10-16-8-6-5-7-9-16/h5-9,12-15H,10-11H2,1-4H3. The molecule has 0 unspecified atom stereocenters. The van der Waals surface area contributed by atoms with Crippen molar-refractivity contribution in [3.05, 3.63) is 65.7 Å². The van der Waals surface area contributed by atoms with Gasteiger partial charge in [-0.2, -0.15) is 0 Å². The van der Waals surface area contributed by atoms with E-state index in [2.05, 4.69) is 82.3 Å². The van der Waals surface area contributed by atoms with E-state index < -0.39 is 0 Å². The normalized spacial score (nSPS) is 19.0. The number of benzene rings is 2. The Kier molecular flexibility index (Phi) is 4.35. The first-order valence-electron chi connectivity index (χ1n) is 8.36. The summed E-state index contributed by atoms with van der Waals surface area (Å²) in [6.07, 6.45) is 2.12. The van der Waals surface area contributed by atoms with Gasteiger partial charge in [-0.05, 0) is 57.1 Å². The highest BCUT2D eigenvalue weighted by molar-refractivity contribution is 6.62. The summed E-state index contributed by atoms with van der Waals surface area (Å²) in [5.41, 5.74) is 3.23.